The number of rotatable bonds is 7. The van der Waals surface area contributed by atoms with Gasteiger partial charge >= 0.3 is 12.0 Å². The predicted octanol–water partition coefficient (Wildman–Crippen LogP) is 1.79. The Morgan fingerprint density at radius 2 is 2.00 bits per heavy atom. The fourth-order valence-electron chi connectivity index (χ4n) is 4.22. The molecule has 1 aromatic heterocycles. The lowest BCUT2D eigenvalue weighted by atomic mass is 9.94. The van der Waals surface area contributed by atoms with Crippen molar-refractivity contribution >= 4 is 17.8 Å². The van der Waals surface area contributed by atoms with Gasteiger partial charge in [0, 0.05) is 44.6 Å². The lowest BCUT2D eigenvalue weighted by Crippen LogP contribution is -2.51. The van der Waals surface area contributed by atoms with Gasteiger partial charge in [-0.3, -0.25) is 4.90 Å². The van der Waals surface area contributed by atoms with Crippen LogP contribution in [0.15, 0.2) is 53.9 Å². The van der Waals surface area contributed by atoms with Crippen molar-refractivity contribution in [2.24, 2.45) is 0 Å². The number of benzene rings is 1. The van der Waals surface area contributed by atoms with Crippen LogP contribution in [0.2, 0.25) is 0 Å². The smallest absolute Gasteiger partial charge is 0.338 e. The van der Waals surface area contributed by atoms with Crippen molar-refractivity contribution in [3.05, 3.63) is 59.4 Å². The molecule has 4 rings (SSSR count). The van der Waals surface area contributed by atoms with E-state index >= 15 is 0 Å². The molecular formula is C24H29N5O5. The van der Waals surface area contributed by atoms with E-state index in [1.807, 2.05) is 25.1 Å². The van der Waals surface area contributed by atoms with Crippen LogP contribution >= 0.6 is 0 Å². The Bertz CT molecular complexity index is 1070. The first-order chi connectivity index (χ1) is 16.5. The van der Waals surface area contributed by atoms with Crippen molar-refractivity contribution in [1.82, 2.24) is 20.5 Å². The molecule has 0 aliphatic carbocycles. The standard InChI is InChI=1S/C24H29N5O5/c1-3-34-19-14-16(7-8-18(19)30)22-21(23(31)33-2)17(26-24(32)27-22)15-28-10-12-29(13-11-28)20-6-4-5-9-25-20/h4-9,14,22,30H,3,10-13,15H2,1-2H3,(H2,26,27,32)/t22-/m0/s1. The lowest BCUT2D eigenvalue weighted by molar-refractivity contribution is -0.136. The number of phenolic OH excluding ortho intramolecular Hbond substituents is 1. The van der Waals surface area contributed by atoms with Crippen molar-refractivity contribution in [2.75, 3.05) is 51.3 Å². The maximum atomic E-state index is 12.8. The summed E-state index contributed by atoms with van der Waals surface area (Å²) in [7, 11) is 1.31. The number of amides is 2. The highest BCUT2D eigenvalue weighted by molar-refractivity contribution is 5.95. The summed E-state index contributed by atoms with van der Waals surface area (Å²) >= 11 is 0. The summed E-state index contributed by atoms with van der Waals surface area (Å²) in [6.07, 6.45) is 1.78. The molecule has 0 bridgehead atoms. The fraction of sp³-hybridized carbons (Fsp3) is 0.375. The van der Waals surface area contributed by atoms with Crippen LogP contribution in [0.1, 0.15) is 18.5 Å². The van der Waals surface area contributed by atoms with Crippen LogP contribution in [0, 0.1) is 0 Å². The molecule has 1 atom stereocenters. The van der Waals surface area contributed by atoms with Gasteiger partial charge in [0.2, 0.25) is 0 Å². The van der Waals surface area contributed by atoms with Crippen molar-refractivity contribution in [3.8, 4) is 11.5 Å². The van der Waals surface area contributed by atoms with Crippen molar-refractivity contribution in [2.45, 2.75) is 13.0 Å². The monoisotopic (exact) mass is 467 g/mol. The molecule has 1 saturated heterocycles. The number of nitrogens with zero attached hydrogens (tertiary/aromatic N) is 3. The fourth-order valence-corrected chi connectivity index (χ4v) is 4.22. The van der Waals surface area contributed by atoms with Gasteiger partial charge in [-0.25, -0.2) is 14.6 Å². The molecule has 3 heterocycles. The Kier molecular flexibility index (Phi) is 7.17. The number of ether oxygens (including phenoxy) is 2. The number of urea groups is 1. The molecule has 2 aromatic rings. The third-order valence-corrected chi connectivity index (χ3v) is 5.90. The predicted molar refractivity (Wildman–Crippen MR) is 126 cm³/mol. The van der Waals surface area contributed by atoms with Gasteiger partial charge in [0.1, 0.15) is 5.82 Å². The summed E-state index contributed by atoms with van der Waals surface area (Å²) in [6.45, 7) is 5.62. The molecule has 0 radical (unpaired) electrons. The average Bonchev–Trinajstić information content (AvgIpc) is 2.86. The first-order valence-corrected chi connectivity index (χ1v) is 11.2. The van der Waals surface area contributed by atoms with E-state index in [0.717, 1.165) is 32.0 Å². The van der Waals surface area contributed by atoms with Gasteiger partial charge in [0.25, 0.3) is 0 Å². The summed E-state index contributed by atoms with van der Waals surface area (Å²) < 4.78 is 10.6. The van der Waals surface area contributed by atoms with E-state index in [0.29, 0.717) is 30.0 Å². The molecule has 0 unspecified atom stereocenters. The van der Waals surface area contributed by atoms with Crippen LogP contribution in [-0.2, 0) is 9.53 Å². The molecule has 1 fully saturated rings. The minimum atomic E-state index is -0.745. The average molecular weight is 468 g/mol. The summed E-state index contributed by atoms with van der Waals surface area (Å²) in [5.74, 6) is 0.666. The minimum absolute atomic E-state index is 0.0135. The molecule has 0 saturated carbocycles. The van der Waals surface area contributed by atoms with Crippen LogP contribution in [0.3, 0.4) is 0 Å². The van der Waals surface area contributed by atoms with E-state index in [2.05, 4.69) is 25.4 Å². The number of methoxy groups -OCH3 is 1. The summed E-state index contributed by atoms with van der Waals surface area (Å²) in [4.78, 5) is 34.2. The molecule has 0 spiro atoms. The van der Waals surface area contributed by atoms with E-state index in [-0.39, 0.29) is 11.5 Å². The highest BCUT2D eigenvalue weighted by Gasteiger charge is 2.35. The third-order valence-electron chi connectivity index (χ3n) is 5.90. The zero-order valence-corrected chi connectivity index (χ0v) is 19.3. The van der Waals surface area contributed by atoms with Crippen molar-refractivity contribution < 1.29 is 24.2 Å². The summed E-state index contributed by atoms with van der Waals surface area (Å²) in [5, 5.41) is 15.7. The van der Waals surface area contributed by atoms with Crippen LogP contribution < -0.4 is 20.3 Å². The van der Waals surface area contributed by atoms with E-state index in [1.165, 1.54) is 13.2 Å². The van der Waals surface area contributed by atoms with Gasteiger partial charge in [0.15, 0.2) is 11.5 Å². The second-order valence-corrected chi connectivity index (χ2v) is 8.03. The normalized spacial score (nSPS) is 18.8. The highest BCUT2D eigenvalue weighted by atomic mass is 16.5. The number of pyridine rings is 1. The van der Waals surface area contributed by atoms with Crippen LogP contribution in [0.5, 0.6) is 11.5 Å². The molecule has 1 aromatic carbocycles. The first-order valence-electron chi connectivity index (χ1n) is 11.2. The number of piperazine rings is 1. The van der Waals surface area contributed by atoms with E-state index in [4.69, 9.17) is 9.47 Å². The van der Waals surface area contributed by atoms with Gasteiger partial charge in [-0.2, -0.15) is 0 Å². The number of hydrogen-bond donors (Lipinski definition) is 3. The van der Waals surface area contributed by atoms with E-state index in [9.17, 15) is 14.7 Å². The number of carbonyl (C=O) groups excluding carboxylic acids is 2. The number of aromatic nitrogens is 1. The molecule has 3 N–H and O–H groups in total. The molecule has 10 nitrogen and oxygen atoms in total. The van der Waals surface area contributed by atoms with Gasteiger partial charge in [0.05, 0.1) is 25.3 Å². The zero-order valence-electron chi connectivity index (χ0n) is 19.3. The third kappa shape index (κ3) is 5.07. The molecule has 2 aliphatic rings. The molecule has 2 amide bonds. The maximum Gasteiger partial charge on any atom is 0.338 e. The number of esters is 1. The van der Waals surface area contributed by atoms with Gasteiger partial charge in [-0.15, -0.1) is 0 Å². The van der Waals surface area contributed by atoms with Gasteiger partial charge < -0.3 is 30.1 Å². The van der Waals surface area contributed by atoms with Crippen LogP contribution in [-0.4, -0.2) is 73.4 Å². The van der Waals surface area contributed by atoms with Gasteiger partial charge in [-0.1, -0.05) is 12.1 Å². The number of hydrogen-bond acceptors (Lipinski definition) is 8. The summed E-state index contributed by atoms with van der Waals surface area (Å²) in [5.41, 5.74) is 1.43. The minimum Gasteiger partial charge on any atom is -0.504 e. The highest BCUT2D eigenvalue weighted by Crippen LogP contribution is 2.34. The van der Waals surface area contributed by atoms with Crippen molar-refractivity contribution in [3.63, 3.8) is 0 Å². The Morgan fingerprint density at radius 3 is 2.68 bits per heavy atom. The Hall–Kier alpha value is -3.79. The van der Waals surface area contributed by atoms with Crippen molar-refractivity contribution in [1.29, 1.82) is 0 Å². The van der Waals surface area contributed by atoms with Gasteiger partial charge in [-0.05, 0) is 36.8 Å². The second-order valence-electron chi connectivity index (χ2n) is 8.03. The quantitative estimate of drug-likeness (QED) is 0.528. The Morgan fingerprint density at radius 1 is 1.21 bits per heavy atom. The zero-order chi connectivity index (χ0) is 24.1. The molecule has 10 heteroatoms. The SMILES string of the molecule is CCOc1cc([C@@H]2NC(=O)NC(CN3CCN(c4ccccn4)CC3)=C2C(=O)OC)ccc1O. The molecule has 2 aliphatic heterocycles. The van der Waals surface area contributed by atoms with Crippen LogP contribution in [0.4, 0.5) is 10.6 Å². The molecule has 34 heavy (non-hydrogen) atoms. The number of phenols is 1. The largest absolute Gasteiger partial charge is 0.504 e. The second kappa shape index (κ2) is 10.4. The van der Waals surface area contributed by atoms with E-state index in [1.54, 1.807) is 18.3 Å². The number of nitrogens with one attached hydrogen (secondary N) is 2. The molecular weight excluding hydrogens is 438 g/mol. The number of carbonyl (C=O) groups is 2. The molecule has 180 valence electrons. The number of anilines is 1. The lowest BCUT2D eigenvalue weighted by Gasteiger charge is -2.37. The number of aromatic hydroxyl groups is 1. The first kappa shape index (κ1) is 23.4. The maximum absolute atomic E-state index is 12.8. The van der Waals surface area contributed by atoms with E-state index < -0.39 is 18.0 Å². The Balaban J connectivity index is 1.58. The Labute approximate surface area is 198 Å². The summed E-state index contributed by atoms with van der Waals surface area (Å²) in [6, 6.07) is 9.45. The topological polar surface area (TPSA) is 116 Å². The van der Waals surface area contributed by atoms with Crippen LogP contribution in [0.25, 0.3) is 0 Å².